The first kappa shape index (κ1) is 27.3. The number of ether oxygens (including phenoxy) is 1. The second-order valence-corrected chi connectivity index (χ2v) is 8.81. The van der Waals surface area contributed by atoms with Crippen molar-refractivity contribution in [2.75, 3.05) is 33.3 Å². The number of ketones is 1. The van der Waals surface area contributed by atoms with Crippen LogP contribution in [-0.2, 0) is 9.59 Å². The molecule has 0 aliphatic carbocycles. The number of carbonyl (C=O) groups excluding carboxylic acids is 2. The molecule has 1 aliphatic heterocycles. The van der Waals surface area contributed by atoms with Crippen molar-refractivity contribution in [1.29, 1.82) is 0 Å². The molecule has 1 heterocycles. The van der Waals surface area contributed by atoms with Gasteiger partial charge in [-0.1, -0.05) is 43.1 Å². The lowest BCUT2D eigenvalue weighted by Gasteiger charge is -2.28. The minimum Gasteiger partial charge on any atom is -0.507 e. The normalized spacial score (nSPS) is 17.2. The molecule has 1 fully saturated rings. The molecule has 3 rings (SSSR count). The van der Waals surface area contributed by atoms with Crippen molar-refractivity contribution in [2.45, 2.75) is 19.9 Å². The van der Waals surface area contributed by atoms with Gasteiger partial charge in [0, 0.05) is 24.7 Å². The van der Waals surface area contributed by atoms with E-state index >= 15 is 0 Å². The Balaban J connectivity index is 2.22. The number of nitrogens with zero attached hydrogens (tertiary/aromatic N) is 3. The summed E-state index contributed by atoms with van der Waals surface area (Å²) in [5.74, 6) is -2.78. The fourth-order valence-corrected chi connectivity index (χ4v) is 4.79. The number of aromatic hydroxyl groups is 1. The lowest BCUT2D eigenvalue weighted by Crippen LogP contribution is -2.38. The van der Waals surface area contributed by atoms with E-state index in [1.807, 2.05) is 18.7 Å². The first-order valence-corrected chi connectivity index (χ1v) is 11.8. The van der Waals surface area contributed by atoms with E-state index in [2.05, 4.69) is 0 Å². The molecular formula is C24H25Cl2N3O7. The Morgan fingerprint density at radius 3 is 2.31 bits per heavy atom. The summed E-state index contributed by atoms with van der Waals surface area (Å²) in [4.78, 5) is 40.3. The van der Waals surface area contributed by atoms with Gasteiger partial charge in [-0.2, -0.15) is 0 Å². The van der Waals surface area contributed by atoms with Gasteiger partial charge >= 0.3 is 5.69 Å². The average molecular weight is 538 g/mol. The van der Waals surface area contributed by atoms with Crippen LogP contribution in [0.5, 0.6) is 11.5 Å². The van der Waals surface area contributed by atoms with Gasteiger partial charge in [0.15, 0.2) is 11.5 Å². The number of carbonyl (C=O) groups is 2. The maximum atomic E-state index is 13.2. The molecule has 36 heavy (non-hydrogen) atoms. The number of hydrogen-bond donors (Lipinski definition) is 2. The van der Waals surface area contributed by atoms with Crippen LogP contribution in [0, 0.1) is 10.1 Å². The average Bonchev–Trinajstić information content (AvgIpc) is 3.09. The fourth-order valence-electron chi connectivity index (χ4n) is 4.15. The van der Waals surface area contributed by atoms with E-state index in [9.17, 15) is 29.9 Å². The Morgan fingerprint density at radius 2 is 1.78 bits per heavy atom. The van der Waals surface area contributed by atoms with Gasteiger partial charge in [-0.3, -0.25) is 19.7 Å². The van der Waals surface area contributed by atoms with E-state index in [-0.39, 0.29) is 39.0 Å². The first-order valence-electron chi connectivity index (χ1n) is 11.1. The second-order valence-electron chi connectivity index (χ2n) is 8.00. The van der Waals surface area contributed by atoms with Crippen molar-refractivity contribution in [3.05, 3.63) is 67.2 Å². The van der Waals surface area contributed by atoms with E-state index < -0.39 is 39.9 Å². The topological polar surface area (TPSA) is 133 Å². The summed E-state index contributed by atoms with van der Waals surface area (Å²) in [6, 6.07) is 5.07. The Labute approximate surface area is 217 Å². The number of hydrogen-bond acceptors (Lipinski definition) is 8. The third kappa shape index (κ3) is 5.11. The van der Waals surface area contributed by atoms with Crippen LogP contribution in [0.1, 0.15) is 31.0 Å². The summed E-state index contributed by atoms with van der Waals surface area (Å²) >= 11 is 12.4. The summed E-state index contributed by atoms with van der Waals surface area (Å²) in [6.07, 6.45) is 0. The quantitative estimate of drug-likeness (QED) is 0.158. The van der Waals surface area contributed by atoms with Crippen molar-refractivity contribution in [3.8, 4) is 11.5 Å². The zero-order valence-corrected chi connectivity index (χ0v) is 21.3. The van der Waals surface area contributed by atoms with E-state index in [0.29, 0.717) is 19.6 Å². The highest BCUT2D eigenvalue weighted by Crippen LogP contribution is 2.43. The van der Waals surface area contributed by atoms with Gasteiger partial charge in [-0.15, -0.1) is 0 Å². The molecule has 2 N–H and O–H groups in total. The number of phenols is 1. The third-order valence-corrected chi connectivity index (χ3v) is 6.64. The summed E-state index contributed by atoms with van der Waals surface area (Å²) < 4.78 is 5.12. The molecule has 1 amide bonds. The minimum atomic E-state index is -1.15. The van der Waals surface area contributed by atoms with Crippen LogP contribution in [0.25, 0.3) is 5.76 Å². The van der Waals surface area contributed by atoms with Crippen LogP contribution < -0.4 is 4.74 Å². The minimum absolute atomic E-state index is 0.0609. The number of amides is 1. The van der Waals surface area contributed by atoms with E-state index in [1.54, 1.807) is 0 Å². The zero-order chi connectivity index (χ0) is 26.7. The number of Topliss-reactive ketones (excluding diaryl/α,β-unsaturated/α-hetero) is 1. The van der Waals surface area contributed by atoms with Crippen molar-refractivity contribution < 1.29 is 29.5 Å². The molecule has 192 valence electrons. The van der Waals surface area contributed by atoms with Crippen molar-refractivity contribution >= 4 is 46.3 Å². The molecule has 1 unspecified atom stereocenters. The number of phenolic OH excluding ortho intramolecular Hbond substituents is 1. The predicted molar refractivity (Wildman–Crippen MR) is 135 cm³/mol. The van der Waals surface area contributed by atoms with Gasteiger partial charge < -0.3 is 24.7 Å². The summed E-state index contributed by atoms with van der Waals surface area (Å²) in [6.45, 7) is 5.87. The predicted octanol–water partition coefficient (Wildman–Crippen LogP) is 4.38. The standard InChI is InChI=1S/C24H25Cl2N3O7/c1-4-27(5-2)8-9-28-20(13-6-7-18(30)17(12-13)29(34)35)19(22(32)24(28)33)21(31)14-10-15(25)23(36-3)16(26)11-14/h6-7,10-12,20,30-31H,4-5,8-9H2,1-3H3/b21-19+. The monoisotopic (exact) mass is 537 g/mol. The van der Waals surface area contributed by atoms with Crippen molar-refractivity contribution in [1.82, 2.24) is 9.80 Å². The SMILES string of the molecule is CCN(CC)CCN1C(=O)C(=O)/C(=C(/O)c2cc(Cl)c(OC)c(Cl)c2)C1c1ccc(O)c([N+](=O)[O-])c1. The highest BCUT2D eigenvalue weighted by atomic mass is 35.5. The molecule has 10 nitrogen and oxygen atoms in total. The van der Waals surface area contributed by atoms with Gasteiger partial charge in [0.25, 0.3) is 11.7 Å². The van der Waals surface area contributed by atoms with E-state index in [0.717, 1.165) is 12.1 Å². The Hall–Kier alpha value is -3.34. The van der Waals surface area contributed by atoms with Crippen LogP contribution in [0.15, 0.2) is 35.9 Å². The molecule has 1 saturated heterocycles. The number of likely N-dealkylation sites (N-methyl/N-ethyl adjacent to an activating group) is 1. The van der Waals surface area contributed by atoms with Gasteiger partial charge in [-0.25, -0.2) is 0 Å². The summed E-state index contributed by atoms with van der Waals surface area (Å²) in [7, 11) is 1.37. The zero-order valence-electron chi connectivity index (χ0n) is 19.8. The number of methoxy groups -OCH3 is 1. The Morgan fingerprint density at radius 1 is 1.17 bits per heavy atom. The second kappa shape index (κ2) is 11.2. The van der Waals surface area contributed by atoms with Crippen LogP contribution in [-0.4, -0.2) is 69.9 Å². The molecule has 12 heteroatoms. The van der Waals surface area contributed by atoms with Crippen molar-refractivity contribution in [2.24, 2.45) is 0 Å². The molecule has 2 aromatic rings. The van der Waals surface area contributed by atoms with Gasteiger partial charge in [0.2, 0.25) is 0 Å². The van der Waals surface area contributed by atoms with Crippen LogP contribution in [0.4, 0.5) is 5.69 Å². The van der Waals surface area contributed by atoms with Gasteiger partial charge in [0.1, 0.15) is 5.76 Å². The molecule has 0 aromatic heterocycles. The first-order chi connectivity index (χ1) is 17.0. The largest absolute Gasteiger partial charge is 0.507 e. The number of nitro benzene ring substituents is 1. The lowest BCUT2D eigenvalue weighted by atomic mass is 9.94. The number of benzene rings is 2. The molecule has 1 aliphatic rings. The molecule has 2 aromatic carbocycles. The summed E-state index contributed by atoms with van der Waals surface area (Å²) in [5.41, 5.74) is -0.648. The third-order valence-electron chi connectivity index (χ3n) is 6.08. The molecular weight excluding hydrogens is 513 g/mol. The molecule has 0 radical (unpaired) electrons. The highest BCUT2D eigenvalue weighted by molar-refractivity contribution is 6.46. The van der Waals surface area contributed by atoms with Gasteiger partial charge in [0.05, 0.1) is 33.7 Å². The van der Waals surface area contributed by atoms with Crippen molar-refractivity contribution in [3.63, 3.8) is 0 Å². The summed E-state index contributed by atoms with van der Waals surface area (Å²) in [5, 5.41) is 32.7. The molecule has 0 saturated carbocycles. The fraction of sp³-hybridized carbons (Fsp3) is 0.333. The number of aliphatic hydroxyl groups excluding tert-OH is 1. The number of rotatable bonds is 9. The number of halogens is 2. The highest BCUT2D eigenvalue weighted by Gasteiger charge is 2.46. The van der Waals surface area contributed by atoms with Gasteiger partial charge in [-0.05, 0) is 36.9 Å². The maximum absolute atomic E-state index is 13.2. The van der Waals surface area contributed by atoms with E-state index in [1.165, 1.54) is 30.2 Å². The van der Waals surface area contributed by atoms with Crippen LogP contribution in [0.3, 0.4) is 0 Å². The maximum Gasteiger partial charge on any atom is 0.311 e. The molecule has 0 bridgehead atoms. The number of likely N-dealkylation sites (tertiary alicyclic amines) is 1. The molecule has 1 atom stereocenters. The Bertz CT molecular complexity index is 1220. The lowest BCUT2D eigenvalue weighted by molar-refractivity contribution is -0.385. The van der Waals surface area contributed by atoms with Crippen LogP contribution >= 0.6 is 23.2 Å². The molecule has 0 spiro atoms. The van der Waals surface area contributed by atoms with E-state index in [4.69, 9.17) is 27.9 Å². The smallest absolute Gasteiger partial charge is 0.311 e. The number of aliphatic hydroxyl groups is 1. The number of nitro groups is 1. The van der Waals surface area contributed by atoms with Crippen LogP contribution in [0.2, 0.25) is 10.0 Å². The Kier molecular flexibility index (Phi) is 8.44.